The topological polar surface area (TPSA) is 43.7 Å². The Kier molecular flexibility index (Phi) is 11.0. The van der Waals surface area contributed by atoms with Gasteiger partial charge in [-0.2, -0.15) is 0 Å². The standard InChI is InChI=1S/C47H39NO2/c1-36-18-27-41(28-19-36)48(42-29-20-37(21-30-42)12-6-2-3-7-13-38-22-31-43(49)32-23-38)47-35-26-40(45-16-10-11-17-46(45)47)15-9-5-4-8-14-39-24-33-44(50)34-25-39/h2-35,49-50H,1H3. The van der Waals surface area contributed by atoms with E-state index in [-0.39, 0.29) is 11.5 Å². The molecule has 0 aliphatic heterocycles. The maximum atomic E-state index is 9.48. The highest BCUT2D eigenvalue weighted by molar-refractivity contribution is 6.02. The van der Waals surface area contributed by atoms with Crippen molar-refractivity contribution in [3.8, 4) is 11.5 Å². The first kappa shape index (κ1) is 33.3. The molecule has 0 bridgehead atoms. The summed E-state index contributed by atoms with van der Waals surface area (Å²) in [5.41, 5.74) is 8.83. The summed E-state index contributed by atoms with van der Waals surface area (Å²) in [6.45, 7) is 2.11. The monoisotopic (exact) mass is 649 g/mol. The number of aryl methyl sites for hydroxylation is 1. The van der Waals surface area contributed by atoms with Crippen LogP contribution < -0.4 is 4.90 Å². The van der Waals surface area contributed by atoms with Crippen LogP contribution in [0, 0.1) is 6.92 Å². The van der Waals surface area contributed by atoms with E-state index in [1.165, 1.54) is 16.3 Å². The molecule has 0 saturated heterocycles. The second-order valence-corrected chi connectivity index (χ2v) is 11.9. The molecule has 50 heavy (non-hydrogen) atoms. The van der Waals surface area contributed by atoms with Gasteiger partial charge in [-0.25, -0.2) is 0 Å². The zero-order valence-electron chi connectivity index (χ0n) is 28.0. The van der Waals surface area contributed by atoms with Crippen molar-refractivity contribution in [2.75, 3.05) is 4.90 Å². The van der Waals surface area contributed by atoms with Crippen LogP contribution in [0.15, 0.2) is 182 Å². The Hall–Kier alpha value is -6.58. The molecule has 3 heteroatoms. The zero-order chi connectivity index (χ0) is 34.5. The SMILES string of the molecule is Cc1ccc(N(c2ccc(C=CC=CC=Cc3ccc(O)cc3)cc2)c2ccc(C=CC=CC=Cc3ccc(O)cc3)c3ccccc23)cc1. The Bertz CT molecular complexity index is 2200. The summed E-state index contributed by atoms with van der Waals surface area (Å²) in [7, 11) is 0. The van der Waals surface area contributed by atoms with Gasteiger partial charge in [0, 0.05) is 16.8 Å². The summed E-state index contributed by atoms with van der Waals surface area (Å²) in [5, 5.41) is 21.3. The summed E-state index contributed by atoms with van der Waals surface area (Å²) in [6, 6.07) is 44.6. The van der Waals surface area contributed by atoms with E-state index in [2.05, 4.69) is 115 Å². The molecule has 6 rings (SSSR count). The van der Waals surface area contributed by atoms with Crippen molar-refractivity contribution in [3.05, 3.63) is 210 Å². The van der Waals surface area contributed by atoms with Gasteiger partial charge in [0.05, 0.1) is 5.69 Å². The quantitative estimate of drug-likeness (QED) is 0.137. The minimum Gasteiger partial charge on any atom is -0.508 e. The number of anilines is 3. The summed E-state index contributed by atoms with van der Waals surface area (Å²) in [4.78, 5) is 2.32. The highest BCUT2D eigenvalue weighted by Gasteiger charge is 2.16. The minimum absolute atomic E-state index is 0.268. The molecule has 0 heterocycles. The van der Waals surface area contributed by atoms with E-state index in [0.29, 0.717) is 0 Å². The molecule has 3 nitrogen and oxygen atoms in total. The van der Waals surface area contributed by atoms with Crippen molar-refractivity contribution in [1.29, 1.82) is 0 Å². The Morgan fingerprint density at radius 2 is 0.820 bits per heavy atom. The highest BCUT2D eigenvalue weighted by atomic mass is 16.3. The third kappa shape index (κ3) is 8.85. The predicted molar refractivity (Wildman–Crippen MR) is 214 cm³/mol. The molecular weight excluding hydrogens is 611 g/mol. The van der Waals surface area contributed by atoms with Gasteiger partial charge in [-0.1, -0.05) is 157 Å². The largest absolute Gasteiger partial charge is 0.508 e. The Balaban J connectivity index is 1.23. The molecule has 6 aromatic carbocycles. The lowest BCUT2D eigenvalue weighted by Crippen LogP contribution is -2.10. The molecule has 0 aromatic heterocycles. The smallest absolute Gasteiger partial charge is 0.115 e. The molecule has 0 fully saturated rings. The second-order valence-electron chi connectivity index (χ2n) is 11.9. The van der Waals surface area contributed by atoms with Gasteiger partial charge >= 0.3 is 0 Å². The average Bonchev–Trinajstić information content (AvgIpc) is 3.14. The number of hydrogen-bond donors (Lipinski definition) is 2. The molecule has 2 N–H and O–H groups in total. The van der Waals surface area contributed by atoms with Crippen LogP contribution in [0.3, 0.4) is 0 Å². The van der Waals surface area contributed by atoms with Crippen LogP contribution in [0.2, 0.25) is 0 Å². The summed E-state index contributed by atoms with van der Waals surface area (Å²) in [6.07, 6.45) is 24.4. The number of nitrogens with zero attached hydrogens (tertiary/aromatic N) is 1. The summed E-state index contributed by atoms with van der Waals surface area (Å²) >= 11 is 0. The lowest BCUT2D eigenvalue weighted by atomic mass is 10.0. The van der Waals surface area contributed by atoms with Crippen LogP contribution >= 0.6 is 0 Å². The van der Waals surface area contributed by atoms with Gasteiger partial charge < -0.3 is 15.1 Å². The molecule has 0 radical (unpaired) electrons. The first-order valence-electron chi connectivity index (χ1n) is 16.6. The zero-order valence-corrected chi connectivity index (χ0v) is 28.0. The fourth-order valence-electron chi connectivity index (χ4n) is 5.59. The molecule has 0 saturated carbocycles. The molecule has 0 unspecified atom stereocenters. The van der Waals surface area contributed by atoms with E-state index in [9.17, 15) is 10.2 Å². The third-order valence-electron chi connectivity index (χ3n) is 8.21. The number of rotatable bonds is 11. The highest BCUT2D eigenvalue weighted by Crippen LogP contribution is 2.40. The lowest BCUT2D eigenvalue weighted by molar-refractivity contribution is 0.474. The Morgan fingerprint density at radius 3 is 1.32 bits per heavy atom. The number of hydrogen-bond acceptors (Lipinski definition) is 3. The fraction of sp³-hybridized carbons (Fsp3) is 0.0213. The molecule has 244 valence electrons. The molecule has 0 aliphatic rings. The Labute approximate surface area is 294 Å². The van der Waals surface area contributed by atoms with Crippen LogP contribution in [0.1, 0.15) is 27.8 Å². The van der Waals surface area contributed by atoms with E-state index in [4.69, 9.17) is 0 Å². The number of phenolic OH excluding ortho intramolecular Hbond substituents is 2. The van der Waals surface area contributed by atoms with Crippen molar-refractivity contribution in [2.45, 2.75) is 6.92 Å². The number of aromatic hydroxyl groups is 2. The number of phenols is 2. The Morgan fingerprint density at radius 1 is 0.400 bits per heavy atom. The van der Waals surface area contributed by atoms with Gasteiger partial charge in [0.1, 0.15) is 11.5 Å². The van der Waals surface area contributed by atoms with Crippen molar-refractivity contribution in [3.63, 3.8) is 0 Å². The van der Waals surface area contributed by atoms with E-state index in [1.54, 1.807) is 24.3 Å². The van der Waals surface area contributed by atoms with Crippen molar-refractivity contribution in [2.24, 2.45) is 0 Å². The molecule has 0 aliphatic carbocycles. The van der Waals surface area contributed by atoms with Crippen molar-refractivity contribution in [1.82, 2.24) is 0 Å². The van der Waals surface area contributed by atoms with Crippen molar-refractivity contribution < 1.29 is 10.2 Å². The van der Waals surface area contributed by atoms with Crippen LogP contribution in [0.5, 0.6) is 11.5 Å². The molecular formula is C47H39NO2. The first-order valence-corrected chi connectivity index (χ1v) is 16.6. The summed E-state index contributed by atoms with van der Waals surface area (Å²) < 4.78 is 0. The van der Waals surface area contributed by atoms with Crippen LogP contribution in [0.4, 0.5) is 17.1 Å². The molecule has 0 amide bonds. The third-order valence-corrected chi connectivity index (χ3v) is 8.21. The molecule has 0 spiro atoms. The van der Waals surface area contributed by atoms with Gasteiger partial charge in [-0.05, 0) is 89.2 Å². The van der Waals surface area contributed by atoms with E-state index >= 15 is 0 Å². The van der Waals surface area contributed by atoms with E-state index < -0.39 is 0 Å². The molecule has 0 atom stereocenters. The van der Waals surface area contributed by atoms with Crippen LogP contribution in [-0.4, -0.2) is 10.2 Å². The number of allylic oxidation sites excluding steroid dienone is 8. The van der Waals surface area contributed by atoms with Gasteiger partial charge in [0.2, 0.25) is 0 Å². The fourth-order valence-corrected chi connectivity index (χ4v) is 5.59. The molecule has 6 aromatic rings. The van der Waals surface area contributed by atoms with Crippen LogP contribution in [0.25, 0.3) is 35.1 Å². The first-order chi connectivity index (χ1) is 24.5. The average molecular weight is 650 g/mol. The van der Waals surface area contributed by atoms with Gasteiger partial charge in [-0.3, -0.25) is 0 Å². The number of fused-ring (bicyclic) bond motifs is 1. The van der Waals surface area contributed by atoms with Crippen molar-refractivity contribution >= 4 is 52.1 Å². The van der Waals surface area contributed by atoms with Gasteiger partial charge in [0.25, 0.3) is 0 Å². The summed E-state index contributed by atoms with van der Waals surface area (Å²) in [5.74, 6) is 0.537. The van der Waals surface area contributed by atoms with Gasteiger partial charge in [0.15, 0.2) is 0 Å². The van der Waals surface area contributed by atoms with E-state index in [1.807, 2.05) is 78.9 Å². The van der Waals surface area contributed by atoms with Crippen LogP contribution in [-0.2, 0) is 0 Å². The minimum atomic E-state index is 0.268. The number of benzene rings is 6. The predicted octanol–water partition coefficient (Wildman–Crippen LogP) is 12.6. The lowest BCUT2D eigenvalue weighted by Gasteiger charge is -2.27. The van der Waals surface area contributed by atoms with Gasteiger partial charge in [-0.15, -0.1) is 0 Å². The normalized spacial score (nSPS) is 12.2. The van der Waals surface area contributed by atoms with E-state index in [0.717, 1.165) is 39.3 Å². The maximum Gasteiger partial charge on any atom is 0.115 e. The maximum absolute atomic E-state index is 9.48. The second kappa shape index (κ2) is 16.5.